The highest BCUT2D eigenvalue weighted by molar-refractivity contribution is 5.91. The van der Waals surface area contributed by atoms with Gasteiger partial charge in [-0.1, -0.05) is 0 Å². The number of rotatable bonds is 5. The molecule has 0 unspecified atom stereocenters. The van der Waals surface area contributed by atoms with Gasteiger partial charge in [0.15, 0.2) is 0 Å². The Hall–Kier alpha value is -2.27. The molecule has 0 bridgehead atoms. The number of aromatic hydroxyl groups is 1. The van der Waals surface area contributed by atoms with Crippen molar-refractivity contribution in [3.05, 3.63) is 46.8 Å². The maximum absolute atomic E-state index is 10.9. The molecule has 4 N–H and O–H groups in total. The van der Waals surface area contributed by atoms with E-state index in [-0.39, 0.29) is 11.3 Å². The predicted octanol–water partition coefficient (Wildman–Crippen LogP) is 2.39. The highest BCUT2D eigenvalue weighted by Gasteiger charge is 2.14. The van der Waals surface area contributed by atoms with Crippen LogP contribution in [0.5, 0.6) is 5.75 Å². The van der Waals surface area contributed by atoms with Gasteiger partial charge in [-0.2, -0.15) is 0 Å². The zero-order valence-electron chi connectivity index (χ0n) is 12.3. The summed E-state index contributed by atoms with van der Waals surface area (Å²) >= 11 is 0. The van der Waals surface area contributed by atoms with E-state index in [1.165, 1.54) is 17.7 Å². The van der Waals surface area contributed by atoms with Gasteiger partial charge in [-0.05, 0) is 57.0 Å². The average Bonchev–Trinajstić information content (AvgIpc) is 2.70. The van der Waals surface area contributed by atoms with E-state index in [2.05, 4.69) is 6.07 Å². The average molecular weight is 288 g/mol. The molecular formula is C16H20N2O3. The Balaban J connectivity index is 2.45. The summed E-state index contributed by atoms with van der Waals surface area (Å²) in [5.74, 6) is -1.36. The SMILES string of the molecule is Cc1cc(CCCN)c(C)n1-c1ccc(C(=O)O)c(O)c1. The minimum absolute atomic E-state index is 0.0930. The lowest BCUT2D eigenvalue weighted by Gasteiger charge is -2.11. The lowest BCUT2D eigenvalue weighted by molar-refractivity contribution is 0.0694. The highest BCUT2D eigenvalue weighted by atomic mass is 16.4. The number of carboxylic acid groups (broad SMARTS) is 1. The molecule has 0 saturated heterocycles. The molecule has 0 spiro atoms. The zero-order valence-corrected chi connectivity index (χ0v) is 12.3. The Labute approximate surface area is 123 Å². The summed E-state index contributed by atoms with van der Waals surface area (Å²) in [5.41, 5.74) is 9.57. The van der Waals surface area contributed by atoms with E-state index in [1.807, 2.05) is 18.4 Å². The Kier molecular flexibility index (Phi) is 4.33. The molecule has 1 aromatic carbocycles. The summed E-state index contributed by atoms with van der Waals surface area (Å²) in [6, 6.07) is 6.71. The zero-order chi connectivity index (χ0) is 15.6. The van der Waals surface area contributed by atoms with Gasteiger partial charge in [0.25, 0.3) is 0 Å². The molecule has 0 aliphatic carbocycles. The van der Waals surface area contributed by atoms with E-state index in [4.69, 9.17) is 10.8 Å². The van der Waals surface area contributed by atoms with Crippen molar-refractivity contribution in [2.75, 3.05) is 6.54 Å². The van der Waals surface area contributed by atoms with Crippen LogP contribution in [-0.4, -0.2) is 27.3 Å². The summed E-state index contributed by atoms with van der Waals surface area (Å²) in [4.78, 5) is 10.9. The second kappa shape index (κ2) is 6.01. The molecule has 0 aliphatic rings. The number of aryl methyl sites for hydroxylation is 2. The Morgan fingerprint density at radius 1 is 1.29 bits per heavy atom. The monoisotopic (exact) mass is 288 g/mol. The van der Waals surface area contributed by atoms with Crippen molar-refractivity contribution in [2.24, 2.45) is 5.73 Å². The fourth-order valence-electron chi connectivity index (χ4n) is 2.61. The number of hydrogen-bond donors (Lipinski definition) is 3. The maximum Gasteiger partial charge on any atom is 0.339 e. The first-order valence-corrected chi connectivity index (χ1v) is 6.90. The van der Waals surface area contributed by atoms with Gasteiger partial charge in [0.05, 0.1) is 0 Å². The number of benzene rings is 1. The normalized spacial score (nSPS) is 10.8. The van der Waals surface area contributed by atoms with Crippen LogP contribution in [0.15, 0.2) is 24.3 Å². The quantitative estimate of drug-likeness (QED) is 0.788. The van der Waals surface area contributed by atoms with Gasteiger partial charge < -0.3 is 20.5 Å². The Bertz CT molecular complexity index is 674. The van der Waals surface area contributed by atoms with Crippen LogP contribution >= 0.6 is 0 Å². The van der Waals surface area contributed by atoms with Crippen molar-refractivity contribution < 1.29 is 15.0 Å². The van der Waals surface area contributed by atoms with E-state index in [0.29, 0.717) is 6.54 Å². The molecule has 1 heterocycles. The smallest absolute Gasteiger partial charge is 0.339 e. The molecule has 0 saturated carbocycles. The van der Waals surface area contributed by atoms with Crippen LogP contribution in [0.1, 0.15) is 33.7 Å². The molecule has 112 valence electrons. The number of nitrogens with two attached hydrogens (primary N) is 1. The number of carbonyl (C=O) groups is 1. The molecule has 21 heavy (non-hydrogen) atoms. The highest BCUT2D eigenvalue weighted by Crippen LogP contribution is 2.26. The number of carboxylic acids is 1. The van der Waals surface area contributed by atoms with Crippen molar-refractivity contribution >= 4 is 5.97 Å². The topological polar surface area (TPSA) is 88.5 Å². The molecule has 0 amide bonds. The lowest BCUT2D eigenvalue weighted by atomic mass is 10.1. The van der Waals surface area contributed by atoms with Crippen molar-refractivity contribution in [3.8, 4) is 11.4 Å². The van der Waals surface area contributed by atoms with Crippen LogP contribution in [0.2, 0.25) is 0 Å². The fourth-order valence-corrected chi connectivity index (χ4v) is 2.61. The molecule has 0 radical (unpaired) electrons. The molecule has 0 fully saturated rings. The Morgan fingerprint density at radius 3 is 2.57 bits per heavy atom. The van der Waals surface area contributed by atoms with Crippen molar-refractivity contribution in [1.29, 1.82) is 0 Å². The molecule has 0 aliphatic heterocycles. The standard InChI is InChI=1S/C16H20N2O3/c1-10-8-12(4-3-7-17)11(2)18(10)13-5-6-14(16(20)21)15(19)9-13/h5-6,8-9,19H,3-4,7,17H2,1-2H3,(H,20,21). The van der Waals surface area contributed by atoms with E-state index in [1.54, 1.807) is 6.07 Å². The molecule has 2 rings (SSSR count). The van der Waals surface area contributed by atoms with E-state index >= 15 is 0 Å². The minimum Gasteiger partial charge on any atom is -0.507 e. The number of nitrogens with zero attached hydrogens (tertiary/aromatic N) is 1. The first-order chi connectivity index (χ1) is 9.95. The van der Waals surface area contributed by atoms with Gasteiger partial charge in [0.2, 0.25) is 0 Å². The van der Waals surface area contributed by atoms with Gasteiger partial charge in [-0.3, -0.25) is 0 Å². The number of phenols is 1. The van der Waals surface area contributed by atoms with Crippen LogP contribution in [0, 0.1) is 13.8 Å². The fraction of sp³-hybridized carbons (Fsp3) is 0.312. The number of hydrogen-bond acceptors (Lipinski definition) is 3. The first kappa shape index (κ1) is 15.1. The second-order valence-corrected chi connectivity index (χ2v) is 5.13. The summed E-state index contributed by atoms with van der Waals surface area (Å²) < 4.78 is 2.01. The van der Waals surface area contributed by atoms with Crippen LogP contribution in [0.3, 0.4) is 0 Å². The summed E-state index contributed by atoms with van der Waals surface area (Å²) in [7, 11) is 0. The van der Waals surface area contributed by atoms with E-state index in [9.17, 15) is 9.90 Å². The van der Waals surface area contributed by atoms with Gasteiger partial charge in [-0.15, -0.1) is 0 Å². The first-order valence-electron chi connectivity index (χ1n) is 6.90. The predicted molar refractivity (Wildman–Crippen MR) is 81.2 cm³/mol. The third-order valence-electron chi connectivity index (χ3n) is 3.66. The molecule has 5 nitrogen and oxygen atoms in total. The largest absolute Gasteiger partial charge is 0.507 e. The van der Waals surface area contributed by atoms with Gasteiger partial charge >= 0.3 is 5.97 Å². The van der Waals surface area contributed by atoms with Crippen molar-refractivity contribution in [2.45, 2.75) is 26.7 Å². The minimum atomic E-state index is -1.14. The second-order valence-electron chi connectivity index (χ2n) is 5.13. The summed E-state index contributed by atoms with van der Waals surface area (Å²) in [5, 5.41) is 18.8. The van der Waals surface area contributed by atoms with Gasteiger partial charge in [0, 0.05) is 23.1 Å². The maximum atomic E-state index is 10.9. The number of aromatic nitrogens is 1. The lowest BCUT2D eigenvalue weighted by Crippen LogP contribution is -2.03. The van der Waals surface area contributed by atoms with Crippen LogP contribution < -0.4 is 5.73 Å². The molecule has 1 aromatic heterocycles. The third kappa shape index (κ3) is 2.92. The van der Waals surface area contributed by atoms with Gasteiger partial charge in [0.1, 0.15) is 11.3 Å². The van der Waals surface area contributed by atoms with Crippen molar-refractivity contribution in [1.82, 2.24) is 4.57 Å². The van der Waals surface area contributed by atoms with E-state index in [0.717, 1.165) is 29.9 Å². The molecule has 2 aromatic rings. The van der Waals surface area contributed by atoms with Crippen LogP contribution in [-0.2, 0) is 6.42 Å². The summed E-state index contributed by atoms with van der Waals surface area (Å²) in [6.45, 7) is 4.65. The van der Waals surface area contributed by atoms with Crippen molar-refractivity contribution in [3.63, 3.8) is 0 Å². The van der Waals surface area contributed by atoms with E-state index < -0.39 is 5.97 Å². The van der Waals surface area contributed by atoms with Gasteiger partial charge in [-0.25, -0.2) is 4.79 Å². The Morgan fingerprint density at radius 2 is 2.00 bits per heavy atom. The molecular weight excluding hydrogens is 268 g/mol. The summed E-state index contributed by atoms with van der Waals surface area (Å²) in [6.07, 6.45) is 1.84. The molecule has 5 heteroatoms. The third-order valence-corrected chi connectivity index (χ3v) is 3.66. The van der Waals surface area contributed by atoms with Crippen LogP contribution in [0.25, 0.3) is 5.69 Å². The van der Waals surface area contributed by atoms with Crippen LogP contribution in [0.4, 0.5) is 0 Å². The molecule has 0 atom stereocenters. The number of aromatic carboxylic acids is 1.